The first-order valence-corrected chi connectivity index (χ1v) is 4.89. The molecule has 0 radical (unpaired) electrons. The number of hydrogen-bond donors (Lipinski definition) is 4. The van der Waals surface area contributed by atoms with E-state index in [0.717, 1.165) is 0 Å². The second-order valence-corrected chi connectivity index (χ2v) is 2.98. The topological polar surface area (TPSA) is 98.7 Å². The van der Waals surface area contributed by atoms with Gasteiger partial charge in [0.05, 0.1) is 0 Å². The van der Waals surface area contributed by atoms with Crippen molar-refractivity contribution in [3.63, 3.8) is 0 Å². The average Bonchev–Trinajstić information content (AvgIpc) is 2.23. The monoisotopic (exact) mass is 228 g/mol. The number of aliphatic carboxylic acids is 1. The quantitative estimate of drug-likeness (QED) is 0.365. The summed E-state index contributed by atoms with van der Waals surface area (Å²) in [5.41, 5.74) is 0. The molecule has 90 valence electrons. The molecule has 16 heavy (non-hydrogen) atoms. The zero-order chi connectivity index (χ0) is 12.4. The van der Waals surface area contributed by atoms with Gasteiger partial charge in [0.2, 0.25) is 0 Å². The maximum atomic E-state index is 11.2. The van der Waals surface area contributed by atoms with Crippen molar-refractivity contribution < 1.29 is 19.8 Å². The van der Waals surface area contributed by atoms with Gasteiger partial charge in [0.15, 0.2) is 0 Å². The molecule has 0 aromatic rings. The second-order valence-electron chi connectivity index (χ2n) is 2.98. The molecule has 0 rings (SSSR count). The first-order chi connectivity index (χ1) is 7.61. The number of rotatable bonds is 6. The molecule has 0 spiro atoms. The van der Waals surface area contributed by atoms with Crippen LogP contribution in [0.3, 0.4) is 0 Å². The van der Waals surface area contributed by atoms with E-state index in [-0.39, 0.29) is 13.0 Å². The molecule has 2 amide bonds. The summed E-state index contributed by atoms with van der Waals surface area (Å²) in [5, 5.41) is 22.0. The first kappa shape index (κ1) is 14.3. The van der Waals surface area contributed by atoms with Crippen LogP contribution >= 0.6 is 0 Å². The Labute approximate surface area is 94.0 Å². The van der Waals surface area contributed by atoms with Crippen molar-refractivity contribution in [3.05, 3.63) is 0 Å². The van der Waals surface area contributed by atoms with Gasteiger partial charge >= 0.3 is 12.0 Å². The summed E-state index contributed by atoms with van der Waals surface area (Å²) >= 11 is 0. The fraction of sp³-hybridized carbons (Fsp3) is 0.600. The minimum absolute atomic E-state index is 0.0164. The lowest BCUT2D eigenvalue weighted by Crippen LogP contribution is -2.46. The van der Waals surface area contributed by atoms with Crippen LogP contribution in [0.1, 0.15) is 19.8 Å². The Balaban J connectivity index is 3.89. The summed E-state index contributed by atoms with van der Waals surface area (Å²) in [4.78, 5) is 21.8. The molecule has 0 heterocycles. The van der Waals surface area contributed by atoms with Crippen molar-refractivity contribution in [2.45, 2.75) is 25.8 Å². The van der Waals surface area contributed by atoms with Crippen LogP contribution in [0, 0.1) is 11.8 Å². The number of carboxylic acids is 1. The number of aliphatic hydroxyl groups excluding tert-OH is 1. The van der Waals surface area contributed by atoms with Crippen molar-refractivity contribution in [3.8, 4) is 11.8 Å². The highest BCUT2D eigenvalue weighted by atomic mass is 16.4. The smallest absolute Gasteiger partial charge is 0.326 e. The maximum Gasteiger partial charge on any atom is 0.326 e. The number of carboxylic acid groups (broad SMARTS) is 1. The minimum atomic E-state index is -1.17. The molecule has 6 heteroatoms. The fourth-order valence-electron chi connectivity index (χ4n) is 0.959. The van der Waals surface area contributed by atoms with Gasteiger partial charge < -0.3 is 20.8 Å². The molecular weight excluding hydrogens is 212 g/mol. The zero-order valence-corrected chi connectivity index (χ0v) is 9.12. The van der Waals surface area contributed by atoms with Crippen molar-refractivity contribution in [2.24, 2.45) is 0 Å². The molecule has 4 N–H and O–H groups in total. The lowest BCUT2D eigenvalue weighted by atomic mass is 10.2. The van der Waals surface area contributed by atoms with Gasteiger partial charge in [-0.3, -0.25) is 0 Å². The summed E-state index contributed by atoms with van der Waals surface area (Å²) in [7, 11) is 0. The molecule has 0 aliphatic rings. The van der Waals surface area contributed by atoms with Crippen LogP contribution in [0.4, 0.5) is 4.79 Å². The third-order valence-electron chi connectivity index (χ3n) is 1.73. The normalized spacial score (nSPS) is 10.9. The van der Waals surface area contributed by atoms with E-state index in [9.17, 15) is 9.59 Å². The molecule has 0 unspecified atom stereocenters. The van der Waals surface area contributed by atoms with Gasteiger partial charge in [0.1, 0.15) is 6.04 Å². The molecule has 0 aromatic carbocycles. The fourth-order valence-corrected chi connectivity index (χ4v) is 0.959. The number of amides is 2. The molecule has 0 aliphatic carbocycles. The van der Waals surface area contributed by atoms with E-state index in [2.05, 4.69) is 22.5 Å². The number of nitrogens with one attached hydrogen (secondary N) is 2. The van der Waals surface area contributed by atoms with E-state index in [1.165, 1.54) is 0 Å². The van der Waals surface area contributed by atoms with E-state index in [1.807, 2.05) is 0 Å². The van der Waals surface area contributed by atoms with Crippen molar-refractivity contribution in [1.82, 2.24) is 10.6 Å². The summed E-state index contributed by atoms with van der Waals surface area (Å²) in [6, 6.07) is -1.64. The van der Waals surface area contributed by atoms with Crippen LogP contribution in [0.25, 0.3) is 0 Å². The van der Waals surface area contributed by atoms with Crippen molar-refractivity contribution in [1.29, 1.82) is 0 Å². The predicted molar refractivity (Wildman–Crippen MR) is 57.7 cm³/mol. The van der Waals surface area contributed by atoms with Crippen LogP contribution in [0.2, 0.25) is 0 Å². The summed E-state index contributed by atoms with van der Waals surface area (Å²) in [6.45, 7) is 1.76. The third kappa shape index (κ3) is 6.68. The van der Waals surface area contributed by atoms with Gasteiger partial charge in [-0.05, 0) is 6.92 Å². The maximum absolute atomic E-state index is 11.2. The summed E-state index contributed by atoms with van der Waals surface area (Å²) in [6.07, 6.45) is 0.499. The Hall–Kier alpha value is -1.74. The van der Waals surface area contributed by atoms with Crippen LogP contribution in [-0.2, 0) is 4.79 Å². The highest BCUT2D eigenvalue weighted by Crippen LogP contribution is 1.90. The van der Waals surface area contributed by atoms with Crippen LogP contribution in [0.5, 0.6) is 0 Å². The first-order valence-electron chi connectivity index (χ1n) is 4.89. The Bertz CT molecular complexity index is 293. The van der Waals surface area contributed by atoms with Gasteiger partial charge in [-0.2, -0.15) is 0 Å². The molecule has 0 aromatic heterocycles. The van der Waals surface area contributed by atoms with Crippen molar-refractivity contribution in [2.75, 3.05) is 13.2 Å². The van der Waals surface area contributed by atoms with Gasteiger partial charge in [0, 0.05) is 26.0 Å². The highest BCUT2D eigenvalue weighted by molar-refractivity contribution is 5.82. The van der Waals surface area contributed by atoms with Crippen LogP contribution in [-0.4, -0.2) is 41.4 Å². The lowest BCUT2D eigenvalue weighted by Gasteiger charge is -2.13. The van der Waals surface area contributed by atoms with Gasteiger partial charge in [-0.15, -0.1) is 11.8 Å². The molecule has 0 saturated heterocycles. The molecule has 6 nitrogen and oxygen atoms in total. The SMILES string of the molecule is CC#CCCNC(=O)N[C@H](CCO)C(=O)O. The van der Waals surface area contributed by atoms with Crippen LogP contribution in [0.15, 0.2) is 0 Å². The van der Waals surface area contributed by atoms with E-state index in [1.54, 1.807) is 6.92 Å². The Kier molecular flexibility index (Phi) is 7.63. The Morgan fingerprint density at radius 2 is 2.12 bits per heavy atom. The molecular formula is C10H16N2O4. The van der Waals surface area contributed by atoms with Gasteiger partial charge in [-0.1, -0.05) is 0 Å². The molecule has 0 saturated carbocycles. The number of aliphatic hydroxyl groups is 1. The Morgan fingerprint density at radius 1 is 1.44 bits per heavy atom. The molecule has 0 aliphatic heterocycles. The van der Waals surface area contributed by atoms with E-state index in [4.69, 9.17) is 10.2 Å². The zero-order valence-electron chi connectivity index (χ0n) is 9.12. The number of carbonyl (C=O) groups excluding carboxylic acids is 1. The average molecular weight is 228 g/mol. The third-order valence-corrected chi connectivity index (χ3v) is 1.73. The summed E-state index contributed by atoms with van der Waals surface area (Å²) in [5.74, 6) is 4.26. The standard InChI is InChI=1S/C10H16N2O4/c1-2-3-4-6-11-10(16)12-8(5-7-13)9(14)15/h8,13H,4-7H2,1H3,(H,14,15)(H2,11,12,16)/t8-/m1/s1. The highest BCUT2D eigenvalue weighted by Gasteiger charge is 2.18. The predicted octanol–water partition coefficient (Wildman–Crippen LogP) is -0.465. The van der Waals surface area contributed by atoms with E-state index >= 15 is 0 Å². The molecule has 1 atom stereocenters. The molecule has 0 bridgehead atoms. The van der Waals surface area contributed by atoms with Crippen molar-refractivity contribution >= 4 is 12.0 Å². The largest absolute Gasteiger partial charge is 0.480 e. The number of hydrogen-bond acceptors (Lipinski definition) is 3. The molecule has 0 fully saturated rings. The van der Waals surface area contributed by atoms with Gasteiger partial charge in [0.25, 0.3) is 0 Å². The lowest BCUT2D eigenvalue weighted by molar-refractivity contribution is -0.139. The van der Waals surface area contributed by atoms with E-state index in [0.29, 0.717) is 13.0 Å². The number of urea groups is 1. The number of carbonyl (C=O) groups is 2. The second kappa shape index (κ2) is 8.56. The van der Waals surface area contributed by atoms with Crippen LogP contribution < -0.4 is 10.6 Å². The van der Waals surface area contributed by atoms with Gasteiger partial charge in [-0.25, -0.2) is 9.59 Å². The summed E-state index contributed by atoms with van der Waals surface area (Å²) < 4.78 is 0. The minimum Gasteiger partial charge on any atom is -0.480 e. The van der Waals surface area contributed by atoms with E-state index < -0.39 is 18.0 Å². The Morgan fingerprint density at radius 3 is 2.62 bits per heavy atom.